The topological polar surface area (TPSA) is 67.3 Å². The third-order valence-electron chi connectivity index (χ3n) is 3.93. The fourth-order valence-electron chi connectivity index (χ4n) is 2.43. The van der Waals surface area contributed by atoms with Crippen LogP contribution in [-0.2, 0) is 0 Å². The summed E-state index contributed by atoms with van der Waals surface area (Å²) < 4.78 is 0. The van der Waals surface area contributed by atoms with Crippen LogP contribution in [0, 0.1) is 11.8 Å². The van der Waals surface area contributed by atoms with Crippen LogP contribution in [0.2, 0.25) is 5.02 Å². The van der Waals surface area contributed by atoms with E-state index < -0.39 is 0 Å². The highest BCUT2D eigenvalue weighted by atomic mass is 35.5. The molecule has 0 saturated heterocycles. The third kappa shape index (κ3) is 2.85. The second-order valence-electron chi connectivity index (χ2n) is 5.36. The lowest BCUT2D eigenvalue weighted by Gasteiger charge is -2.22. The second kappa shape index (κ2) is 6.11. The average Bonchev–Trinajstić information content (AvgIpc) is 3.16. The van der Waals surface area contributed by atoms with Crippen molar-refractivity contribution in [3.8, 4) is 23.2 Å². The van der Waals surface area contributed by atoms with Crippen LogP contribution in [0.5, 0.6) is 0 Å². The van der Waals surface area contributed by atoms with Gasteiger partial charge in [-0.3, -0.25) is 0 Å². The predicted octanol–water partition coefficient (Wildman–Crippen LogP) is 3.64. The zero-order chi connectivity index (χ0) is 15.6. The van der Waals surface area contributed by atoms with Gasteiger partial charge in [0, 0.05) is 22.4 Å². The van der Waals surface area contributed by atoms with Crippen molar-refractivity contribution in [3.05, 3.63) is 44.9 Å². The summed E-state index contributed by atoms with van der Waals surface area (Å²) in [5.74, 6) is 7.30. The number of thiazole rings is 1. The van der Waals surface area contributed by atoms with E-state index in [0.717, 1.165) is 10.6 Å². The Labute approximate surface area is 142 Å². The number of rotatable bonds is 2. The molecule has 4 rings (SSSR count). The molecule has 7 heteroatoms. The van der Waals surface area contributed by atoms with Gasteiger partial charge in [-0.25, -0.2) is 4.98 Å². The van der Waals surface area contributed by atoms with Gasteiger partial charge in [0.2, 0.25) is 5.82 Å². The number of tetrazole rings is 1. The van der Waals surface area contributed by atoms with Crippen LogP contribution < -0.4 is 0 Å². The third-order valence-corrected chi connectivity index (χ3v) is 5.12. The number of benzene rings is 1. The van der Waals surface area contributed by atoms with Crippen LogP contribution in [0.4, 0.5) is 0 Å². The molecule has 0 spiro atoms. The normalized spacial score (nSPS) is 14.1. The molecule has 3 aromatic rings. The molecule has 0 unspecified atom stereocenters. The van der Waals surface area contributed by atoms with Crippen molar-refractivity contribution < 1.29 is 0 Å². The number of halogens is 1. The van der Waals surface area contributed by atoms with Crippen LogP contribution in [0.3, 0.4) is 0 Å². The van der Waals surface area contributed by atoms with Gasteiger partial charge in [0.1, 0.15) is 0 Å². The Hall–Kier alpha value is -2.23. The number of nitrogens with zero attached hydrogens (tertiary/aromatic N) is 4. The van der Waals surface area contributed by atoms with Gasteiger partial charge in [-0.1, -0.05) is 30.0 Å². The highest BCUT2D eigenvalue weighted by Crippen LogP contribution is 2.36. The summed E-state index contributed by atoms with van der Waals surface area (Å²) in [5, 5.41) is 17.4. The molecule has 1 aliphatic carbocycles. The number of H-pyrrole nitrogens is 1. The van der Waals surface area contributed by atoms with E-state index in [1.807, 2.05) is 18.2 Å². The van der Waals surface area contributed by atoms with E-state index in [2.05, 4.69) is 42.8 Å². The van der Waals surface area contributed by atoms with Gasteiger partial charge in [-0.2, -0.15) is 5.21 Å². The largest absolute Gasteiger partial charge is 0.232 e. The van der Waals surface area contributed by atoms with Gasteiger partial charge in [0.05, 0.1) is 10.7 Å². The standard InChI is InChI=1S/C16H12ClN5S/c17-15-11(5-2-6-12(15)16-19-21-22-20-16)7-8-14-18-13(9-23-14)10-3-1-4-10/h2,5-6,9-10H,1,3-4H2,(H,19,20,21,22). The minimum atomic E-state index is 0.458. The minimum absolute atomic E-state index is 0.458. The molecule has 114 valence electrons. The number of aromatic amines is 1. The number of hydrogen-bond donors (Lipinski definition) is 1. The highest BCUT2D eigenvalue weighted by molar-refractivity contribution is 7.10. The quantitative estimate of drug-likeness (QED) is 0.722. The molecule has 23 heavy (non-hydrogen) atoms. The Morgan fingerprint density at radius 1 is 1.26 bits per heavy atom. The summed E-state index contributed by atoms with van der Waals surface area (Å²) in [6, 6.07) is 5.60. The summed E-state index contributed by atoms with van der Waals surface area (Å²) in [7, 11) is 0. The molecule has 1 N–H and O–H groups in total. The monoisotopic (exact) mass is 341 g/mol. The van der Waals surface area contributed by atoms with Crippen molar-refractivity contribution in [2.24, 2.45) is 0 Å². The van der Waals surface area contributed by atoms with Crippen molar-refractivity contribution in [1.82, 2.24) is 25.6 Å². The first-order valence-corrected chi connectivity index (χ1v) is 8.57. The van der Waals surface area contributed by atoms with Gasteiger partial charge in [0.15, 0.2) is 5.01 Å². The lowest BCUT2D eigenvalue weighted by Crippen LogP contribution is -2.08. The molecular formula is C16H12ClN5S. The molecule has 5 nitrogen and oxygen atoms in total. The Morgan fingerprint density at radius 2 is 2.17 bits per heavy atom. The summed E-state index contributed by atoms with van der Waals surface area (Å²) in [6.45, 7) is 0. The first-order valence-electron chi connectivity index (χ1n) is 7.31. The first kappa shape index (κ1) is 14.4. The van der Waals surface area contributed by atoms with E-state index in [9.17, 15) is 0 Å². The maximum absolute atomic E-state index is 6.41. The SMILES string of the molecule is Clc1c(C#Cc2nc(C3CCC3)cs2)cccc1-c1nn[nH]n1. The van der Waals surface area contributed by atoms with Crippen LogP contribution >= 0.6 is 22.9 Å². The molecule has 1 aliphatic rings. The molecule has 1 saturated carbocycles. The van der Waals surface area contributed by atoms with Crippen molar-refractivity contribution in [2.45, 2.75) is 25.2 Å². The Morgan fingerprint density at radius 3 is 2.91 bits per heavy atom. The Bertz CT molecular complexity index is 887. The average molecular weight is 342 g/mol. The van der Waals surface area contributed by atoms with Crippen molar-refractivity contribution >= 4 is 22.9 Å². The van der Waals surface area contributed by atoms with Crippen LogP contribution in [0.25, 0.3) is 11.4 Å². The predicted molar refractivity (Wildman–Crippen MR) is 89.3 cm³/mol. The van der Waals surface area contributed by atoms with Gasteiger partial charge >= 0.3 is 0 Å². The maximum Gasteiger partial charge on any atom is 0.206 e. The van der Waals surface area contributed by atoms with E-state index in [0.29, 0.717) is 22.3 Å². The zero-order valence-electron chi connectivity index (χ0n) is 12.1. The smallest absolute Gasteiger partial charge is 0.206 e. The fraction of sp³-hybridized carbons (Fsp3) is 0.250. The van der Waals surface area contributed by atoms with Crippen molar-refractivity contribution in [2.75, 3.05) is 0 Å². The number of nitrogens with one attached hydrogen (secondary N) is 1. The molecule has 0 aliphatic heterocycles. The molecule has 0 radical (unpaired) electrons. The maximum atomic E-state index is 6.41. The lowest BCUT2D eigenvalue weighted by atomic mass is 9.83. The molecule has 0 amide bonds. The van der Waals surface area contributed by atoms with E-state index >= 15 is 0 Å². The van der Waals surface area contributed by atoms with Gasteiger partial charge in [-0.05, 0) is 36.1 Å². The first-order chi connectivity index (χ1) is 11.3. The molecule has 0 atom stereocenters. The summed E-state index contributed by atoms with van der Waals surface area (Å²) in [4.78, 5) is 4.61. The highest BCUT2D eigenvalue weighted by Gasteiger charge is 2.21. The van der Waals surface area contributed by atoms with E-state index in [-0.39, 0.29) is 0 Å². The molecule has 1 fully saturated rings. The molecule has 2 aromatic heterocycles. The van der Waals surface area contributed by atoms with Crippen LogP contribution in [0.1, 0.15) is 41.4 Å². The molecule has 1 aromatic carbocycles. The second-order valence-corrected chi connectivity index (χ2v) is 6.59. The Kier molecular flexibility index (Phi) is 3.82. The van der Waals surface area contributed by atoms with Gasteiger partial charge in [-0.15, -0.1) is 21.5 Å². The molecular weight excluding hydrogens is 330 g/mol. The number of aromatic nitrogens is 5. The molecule has 0 bridgehead atoms. The Balaban J connectivity index is 1.62. The van der Waals surface area contributed by atoms with E-state index in [1.54, 1.807) is 11.3 Å². The van der Waals surface area contributed by atoms with Crippen molar-refractivity contribution in [3.63, 3.8) is 0 Å². The van der Waals surface area contributed by atoms with Crippen LogP contribution in [-0.4, -0.2) is 25.6 Å². The summed E-state index contributed by atoms with van der Waals surface area (Å²) in [6.07, 6.45) is 3.80. The van der Waals surface area contributed by atoms with Gasteiger partial charge in [0.25, 0.3) is 0 Å². The van der Waals surface area contributed by atoms with Crippen LogP contribution in [0.15, 0.2) is 23.6 Å². The summed E-state index contributed by atoms with van der Waals surface area (Å²) in [5.41, 5.74) is 2.62. The number of hydrogen-bond acceptors (Lipinski definition) is 5. The van der Waals surface area contributed by atoms with E-state index in [4.69, 9.17) is 11.6 Å². The minimum Gasteiger partial charge on any atom is -0.232 e. The van der Waals surface area contributed by atoms with Crippen molar-refractivity contribution in [1.29, 1.82) is 0 Å². The molecule has 2 heterocycles. The fourth-order valence-corrected chi connectivity index (χ4v) is 3.44. The van der Waals surface area contributed by atoms with E-state index in [1.165, 1.54) is 25.0 Å². The summed E-state index contributed by atoms with van der Waals surface area (Å²) >= 11 is 8.00. The zero-order valence-corrected chi connectivity index (χ0v) is 13.7. The van der Waals surface area contributed by atoms with Gasteiger partial charge < -0.3 is 0 Å². The lowest BCUT2D eigenvalue weighted by molar-refractivity contribution is 0.412.